The second-order valence-corrected chi connectivity index (χ2v) is 6.82. The van der Waals surface area contributed by atoms with Crippen molar-refractivity contribution in [2.24, 2.45) is 0 Å². The maximum Gasteiger partial charge on any atom is 0.253 e. The van der Waals surface area contributed by atoms with Crippen molar-refractivity contribution in [2.45, 2.75) is 46.7 Å². The highest BCUT2D eigenvalue weighted by Gasteiger charge is 2.19. The standard InChI is InChI=1S/C18H23BrN2O/c1-11(2)21-12(3)10-16(14(21)5)18(22)20-13(4)15-8-6-7-9-17(15)19/h6-11,13H,1-5H3,(H,20,22). The monoisotopic (exact) mass is 362 g/mol. The summed E-state index contributed by atoms with van der Waals surface area (Å²) in [7, 11) is 0. The van der Waals surface area contributed by atoms with Crippen LogP contribution in [-0.2, 0) is 0 Å². The maximum absolute atomic E-state index is 12.6. The first-order valence-electron chi connectivity index (χ1n) is 7.56. The van der Waals surface area contributed by atoms with Crippen LogP contribution in [0.5, 0.6) is 0 Å². The Morgan fingerprint density at radius 2 is 1.82 bits per heavy atom. The first-order chi connectivity index (χ1) is 10.3. The van der Waals surface area contributed by atoms with E-state index in [9.17, 15) is 4.79 Å². The van der Waals surface area contributed by atoms with Crippen LogP contribution in [0, 0.1) is 13.8 Å². The SMILES string of the molecule is Cc1cc(C(=O)NC(C)c2ccccc2Br)c(C)n1C(C)C. The first kappa shape index (κ1) is 16.8. The van der Waals surface area contributed by atoms with Crippen molar-refractivity contribution in [3.05, 3.63) is 57.3 Å². The summed E-state index contributed by atoms with van der Waals surface area (Å²) in [5, 5.41) is 3.09. The fraction of sp³-hybridized carbons (Fsp3) is 0.389. The van der Waals surface area contributed by atoms with Gasteiger partial charge in [-0.05, 0) is 52.3 Å². The number of carbonyl (C=O) groups is 1. The van der Waals surface area contributed by atoms with Crippen LogP contribution in [0.25, 0.3) is 0 Å². The number of aromatic nitrogens is 1. The Morgan fingerprint density at radius 3 is 2.36 bits per heavy atom. The van der Waals surface area contributed by atoms with Crippen molar-refractivity contribution in [2.75, 3.05) is 0 Å². The van der Waals surface area contributed by atoms with E-state index >= 15 is 0 Å². The Kier molecular flexibility index (Phi) is 5.12. The van der Waals surface area contributed by atoms with Gasteiger partial charge >= 0.3 is 0 Å². The smallest absolute Gasteiger partial charge is 0.253 e. The minimum atomic E-state index is -0.0508. The summed E-state index contributed by atoms with van der Waals surface area (Å²) in [5.74, 6) is -0.0248. The number of hydrogen-bond donors (Lipinski definition) is 1. The van der Waals surface area contributed by atoms with E-state index in [2.05, 4.69) is 39.7 Å². The zero-order valence-corrected chi connectivity index (χ0v) is 15.4. The number of rotatable bonds is 4. The highest BCUT2D eigenvalue weighted by Crippen LogP contribution is 2.24. The van der Waals surface area contributed by atoms with E-state index in [1.54, 1.807) is 0 Å². The molecular formula is C18H23BrN2O. The molecule has 1 amide bonds. The molecule has 0 radical (unpaired) electrons. The van der Waals surface area contributed by atoms with Gasteiger partial charge in [-0.1, -0.05) is 34.1 Å². The Bertz CT molecular complexity index is 688. The molecule has 0 aliphatic carbocycles. The third-order valence-electron chi connectivity index (χ3n) is 3.96. The lowest BCUT2D eigenvalue weighted by Gasteiger charge is -2.17. The average molecular weight is 363 g/mol. The van der Waals surface area contributed by atoms with Gasteiger partial charge in [-0.2, -0.15) is 0 Å². The summed E-state index contributed by atoms with van der Waals surface area (Å²) in [6.07, 6.45) is 0. The summed E-state index contributed by atoms with van der Waals surface area (Å²) in [4.78, 5) is 12.6. The third kappa shape index (κ3) is 3.27. The number of carbonyl (C=O) groups excluding carboxylic acids is 1. The zero-order chi connectivity index (χ0) is 16.4. The molecule has 3 nitrogen and oxygen atoms in total. The molecule has 0 bridgehead atoms. The molecule has 22 heavy (non-hydrogen) atoms. The van der Waals surface area contributed by atoms with Gasteiger partial charge < -0.3 is 9.88 Å². The van der Waals surface area contributed by atoms with Gasteiger partial charge in [-0.15, -0.1) is 0 Å². The largest absolute Gasteiger partial charge is 0.346 e. The third-order valence-corrected chi connectivity index (χ3v) is 4.69. The van der Waals surface area contributed by atoms with Crippen molar-refractivity contribution in [3.63, 3.8) is 0 Å². The lowest BCUT2D eigenvalue weighted by molar-refractivity contribution is 0.0939. The fourth-order valence-corrected chi connectivity index (χ4v) is 3.61. The molecule has 118 valence electrons. The Balaban J connectivity index is 2.23. The summed E-state index contributed by atoms with van der Waals surface area (Å²) < 4.78 is 3.20. The normalized spacial score (nSPS) is 12.5. The number of nitrogens with one attached hydrogen (secondary N) is 1. The number of nitrogens with zero attached hydrogens (tertiary/aromatic N) is 1. The summed E-state index contributed by atoms with van der Waals surface area (Å²) in [5.41, 5.74) is 3.97. The minimum absolute atomic E-state index is 0.0248. The van der Waals surface area contributed by atoms with E-state index in [4.69, 9.17) is 0 Å². The lowest BCUT2D eigenvalue weighted by Crippen LogP contribution is -2.27. The molecule has 0 spiro atoms. The van der Waals surface area contributed by atoms with Crippen molar-refractivity contribution >= 4 is 21.8 Å². The molecule has 0 aliphatic rings. The summed E-state index contributed by atoms with van der Waals surface area (Å²) >= 11 is 3.54. The van der Waals surface area contributed by atoms with Gasteiger partial charge in [0.05, 0.1) is 11.6 Å². The van der Waals surface area contributed by atoms with Crippen LogP contribution < -0.4 is 5.32 Å². The van der Waals surface area contributed by atoms with Crippen molar-refractivity contribution in [1.29, 1.82) is 0 Å². The molecular weight excluding hydrogens is 340 g/mol. The summed E-state index contributed by atoms with van der Waals surface area (Å²) in [6, 6.07) is 10.2. The van der Waals surface area contributed by atoms with Crippen molar-refractivity contribution in [3.8, 4) is 0 Å². The second kappa shape index (κ2) is 6.69. The predicted octanol–water partition coefficient (Wildman–Crippen LogP) is 4.94. The van der Waals surface area contributed by atoms with Crippen molar-refractivity contribution in [1.82, 2.24) is 9.88 Å². The molecule has 1 heterocycles. The first-order valence-corrected chi connectivity index (χ1v) is 8.36. The Morgan fingerprint density at radius 1 is 1.18 bits per heavy atom. The van der Waals surface area contributed by atoms with Gasteiger partial charge in [-0.3, -0.25) is 4.79 Å². The fourth-order valence-electron chi connectivity index (χ4n) is 2.98. The molecule has 4 heteroatoms. The molecule has 0 saturated heterocycles. The van der Waals surface area contributed by atoms with E-state index in [-0.39, 0.29) is 11.9 Å². The molecule has 0 fully saturated rings. The van der Waals surface area contributed by atoms with E-state index < -0.39 is 0 Å². The van der Waals surface area contributed by atoms with Crippen LogP contribution in [0.2, 0.25) is 0 Å². The molecule has 1 atom stereocenters. The van der Waals surface area contributed by atoms with Crippen LogP contribution in [-0.4, -0.2) is 10.5 Å². The second-order valence-electron chi connectivity index (χ2n) is 5.97. The molecule has 2 rings (SSSR count). The number of amides is 1. The van der Waals surface area contributed by atoms with E-state index in [0.29, 0.717) is 6.04 Å². The minimum Gasteiger partial charge on any atom is -0.346 e. The number of halogens is 1. The molecule has 1 unspecified atom stereocenters. The zero-order valence-electron chi connectivity index (χ0n) is 13.8. The van der Waals surface area contributed by atoms with Crippen molar-refractivity contribution < 1.29 is 4.79 Å². The van der Waals surface area contributed by atoms with E-state index in [0.717, 1.165) is 27.0 Å². The topological polar surface area (TPSA) is 34.0 Å². The maximum atomic E-state index is 12.6. The Labute approximate surface area is 140 Å². The quantitative estimate of drug-likeness (QED) is 0.820. The number of hydrogen-bond acceptors (Lipinski definition) is 1. The van der Waals surface area contributed by atoms with Crippen LogP contribution >= 0.6 is 15.9 Å². The lowest BCUT2D eigenvalue weighted by atomic mass is 10.1. The Hall–Kier alpha value is -1.55. The van der Waals surface area contributed by atoms with E-state index in [1.807, 2.05) is 51.1 Å². The predicted molar refractivity (Wildman–Crippen MR) is 94.3 cm³/mol. The highest BCUT2D eigenvalue weighted by molar-refractivity contribution is 9.10. The highest BCUT2D eigenvalue weighted by atomic mass is 79.9. The molecule has 2 aromatic rings. The van der Waals surface area contributed by atoms with Gasteiger partial charge in [0.1, 0.15) is 0 Å². The van der Waals surface area contributed by atoms with Gasteiger partial charge in [0.15, 0.2) is 0 Å². The van der Waals surface area contributed by atoms with Crippen LogP contribution in [0.4, 0.5) is 0 Å². The molecule has 0 aliphatic heterocycles. The summed E-state index contributed by atoms with van der Waals surface area (Å²) in [6.45, 7) is 10.3. The van der Waals surface area contributed by atoms with Gasteiger partial charge in [0.2, 0.25) is 0 Å². The molecule has 1 aromatic heterocycles. The number of aryl methyl sites for hydroxylation is 1. The van der Waals surface area contributed by atoms with Crippen LogP contribution in [0.3, 0.4) is 0 Å². The van der Waals surface area contributed by atoms with Gasteiger partial charge in [0, 0.05) is 21.9 Å². The molecule has 1 N–H and O–H groups in total. The van der Waals surface area contributed by atoms with Gasteiger partial charge in [0.25, 0.3) is 5.91 Å². The van der Waals surface area contributed by atoms with Crippen LogP contribution in [0.15, 0.2) is 34.8 Å². The van der Waals surface area contributed by atoms with Gasteiger partial charge in [-0.25, -0.2) is 0 Å². The molecule has 0 saturated carbocycles. The van der Waals surface area contributed by atoms with E-state index in [1.165, 1.54) is 0 Å². The molecule has 1 aromatic carbocycles. The average Bonchev–Trinajstić information content (AvgIpc) is 2.74. The van der Waals surface area contributed by atoms with Crippen LogP contribution in [0.1, 0.15) is 60.2 Å². The number of benzene rings is 1.